The highest BCUT2D eigenvalue weighted by Crippen LogP contribution is 2.40. The Hall–Kier alpha value is -3.20. The third-order valence-corrected chi connectivity index (χ3v) is 6.76. The van der Waals surface area contributed by atoms with Crippen LogP contribution >= 0.6 is 15.9 Å². The number of hydrogen-bond acceptors (Lipinski definition) is 3. The predicted molar refractivity (Wildman–Crippen MR) is 128 cm³/mol. The van der Waals surface area contributed by atoms with Crippen molar-refractivity contribution in [1.82, 2.24) is 14.8 Å². The van der Waals surface area contributed by atoms with Gasteiger partial charge in [-0.25, -0.2) is 0 Å². The number of nitrogens with zero attached hydrogens (tertiary/aromatic N) is 4. The zero-order chi connectivity index (χ0) is 24.2. The van der Waals surface area contributed by atoms with E-state index in [0.29, 0.717) is 29.7 Å². The SMILES string of the molecule is CCc1cc(Br)c2nccc(N3CCc4c(cccc4-c4cn(C)nc4C(F)(F)F)C3=O)c2c1. The number of alkyl halides is 3. The van der Waals surface area contributed by atoms with E-state index in [1.54, 1.807) is 29.3 Å². The van der Waals surface area contributed by atoms with E-state index in [1.165, 1.54) is 13.2 Å². The zero-order valence-electron chi connectivity index (χ0n) is 18.4. The van der Waals surface area contributed by atoms with Crippen molar-refractivity contribution in [2.75, 3.05) is 11.4 Å². The lowest BCUT2D eigenvalue weighted by molar-refractivity contribution is -0.140. The molecule has 0 spiro atoms. The Morgan fingerprint density at radius 3 is 2.62 bits per heavy atom. The van der Waals surface area contributed by atoms with Gasteiger partial charge in [0.05, 0.1) is 11.2 Å². The molecule has 0 bridgehead atoms. The molecule has 0 radical (unpaired) electrons. The molecule has 5 rings (SSSR count). The molecule has 174 valence electrons. The molecule has 2 aromatic heterocycles. The van der Waals surface area contributed by atoms with Gasteiger partial charge in [0.15, 0.2) is 5.69 Å². The van der Waals surface area contributed by atoms with Crippen molar-refractivity contribution >= 4 is 38.4 Å². The van der Waals surface area contributed by atoms with Gasteiger partial charge in [-0.05, 0) is 69.7 Å². The molecule has 9 heteroatoms. The van der Waals surface area contributed by atoms with Crippen LogP contribution in [0.4, 0.5) is 18.9 Å². The maximum absolute atomic E-state index is 13.6. The molecule has 34 heavy (non-hydrogen) atoms. The average molecular weight is 529 g/mol. The molecule has 1 aliphatic rings. The fraction of sp³-hybridized carbons (Fsp3) is 0.240. The Morgan fingerprint density at radius 2 is 1.88 bits per heavy atom. The van der Waals surface area contributed by atoms with Crippen LogP contribution < -0.4 is 4.90 Å². The van der Waals surface area contributed by atoms with Gasteiger partial charge in [-0.15, -0.1) is 0 Å². The zero-order valence-corrected chi connectivity index (χ0v) is 20.0. The minimum absolute atomic E-state index is 0.0148. The van der Waals surface area contributed by atoms with Gasteiger partial charge in [-0.1, -0.05) is 19.1 Å². The van der Waals surface area contributed by atoms with E-state index in [2.05, 4.69) is 32.9 Å². The normalized spacial score (nSPS) is 14.1. The summed E-state index contributed by atoms with van der Waals surface area (Å²) in [6, 6.07) is 10.8. The fourth-order valence-corrected chi connectivity index (χ4v) is 5.21. The number of anilines is 1. The van der Waals surface area contributed by atoms with Crippen LogP contribution in [0.1, 0.15) is 34.1 Å². The molecule has 0 aliphatic carbocycles. The third-order valence-electron chi connectivity index (χ3n) is 6.16. The van der Waals surface area contributed by atoms with Gasteiger partial charge < -0.3 is 4.90 Å². The number of aromatic nitrogens is 3. The summed E-state index contributed by atoms with van der Waals surface area (Å²) in [7, 11) is 1.46. The van der Waals surface area contributed by atoms with E-state index >= 15 is 0 Å². The lowest BCUT2D eigenvalue weighted by Crippen LogP contribution is -2.38. The Morgan fingerprint density at radius 1 is 1.12 bits per heavy atom. The quantitative estimate of drug-likeness (QED) is 0.319. The second-order valence-corrected chi connectivity index (χ2v) is 9.11. The monoisotopic (exact) mass is 528 g/mol. The molecule has 0 fully saturated rings. The topological polar surface area (TPSA) is 51.0 Å². The van der Waals surface area contributed by atoms with Crippen LogP contribution in [0.5, 0.6) is 0 Å². The number of halogens is 4. The predicted octanol–water partition coefficient (Wildman–Crippen LogP) is 6.18. The first kappa shape index (κ1) is 22.6. The minimum Gasteiger partial charge on any atom is -0.307 e. The van der Waals surface area contributed by atoms with Crippen molar-refractivity contribution in [3.05, 3.63) is 75.6 Å². The van der Waals surface area contributed by atoms with Crippen LogP contribution in [0.3, 0.4) is 0 Å². The molecule has 0 atom stereocenters. The molecule has 0 unspecified atom stereocenters. The highest BCUT2D eigenvalue weighted by Gasteiger charge is 2.38. The van der Waals surface area contributed by atoms with Crippen LogP contribution in [-0.4, -0.2) is 27.2 Å². The molecule has 3 heterocycles. The van der Waals surface area contributed by atoms with Gasteiger partial charge in [0.25, 0.3) is 5.91 Å². The van der Waals surface area contributed by atoms with Crippen molar-refractivity contribution in [2.24, 2.45) is 7.05 Å². The average Bonchev–Trinajstić information content (AvgIpc) is 3.21. The van der Waals surface area contributed by atoms with Crippen LogP contribution in [-0.2, 0) is 26.1 Å². The lowest BCUT2D eigenvalue weighted by atomic mass is 9.90. The highest BCUT2D eigenvalue weighted by atomic mass is 79.9. The number of hydrogen-bond donors (Lipinski definition) is 0. The first-order valence-electron chi connectivity index (χ1n) is 10.8. The fourth-order valence-electron chi connectivity index (χ4n) is 4.60. The molecule has 2 aromatic carbocycles. The van der Waals surface area contributed by atoms with E-state index in [-0.39, 0.29) is 11.5 Å². The number of rotatable bonds is 3. The number of carbonyl (C=O) groups is 1. The van der Waals surface area contributed by atoms with Gasteiger partial charge in [0, 0.05) is 47.0 Å². The van der Waals surface area contributed by atoms with E-state index in [0.717, 1.165) is 37.7 Å². The Labute approximate surface area is 202 Å². The van der Waals surface area contributed by atoms with Gasteiger partial charge >= 0.3 is 6.18 Å². The standard InChI is InChI=1S/C25H20BrF3N4O/c1-3-14-11-18-21(7-9-30-22(18)20(26)12-14)33-10-8-16-15(5-4-6-17(16)24(33)34)19-13-32(2)31-23(19)25(27,28)29/h4-7,9,11-13H,3,8,10H2,1-2H3. The molecular weight excluding hydrogens is 509 g/mol. The molecule has 5 nitrogen and oxygen atoms in total. The number of amides is 1. The van der Waals surface area contributed by atoms with Crippen molar-refractivity contribution in [1.29, 1.82) is 0 Å². The van der Waals surface area contributed by atoms with Gasteiger partial charge in [0.1, 0.15) is 0 Å². The summed E-state index contributed by atoms with van der Waals surface area (Å²) in [6.07, 6.45) is -0.324. The molecule has 1 aliphatic heterocycles. The summed E-state index contributed by atoms with van der Waals surface area (Å²) in [5, 5.41) is 4.49. The first-order valence-corrected chi connectivity index (χ1v) is 11.6. The number of aryl methyl sites for hydroxylation is 2. The van der Waals surface area contributed by atoms with Crippen LogP contribution in [0.15, 0.2) is 53.3 Å². The Balaban J connectivity index is 1.63. The second kappa shape index (κ2) is 8.23. The van der Waals surface area contributed by atoms with E-state index < -0.39 is 11.9 Å². The van der Waals surface area contributed by atoms with Crippen molar-refractivity contribution < 1.29 is 18.0 Å². The molecule has 1 amide bonds. The molecule has 0 N–H and O–H groups in total. The van der Waals surface area contributed by atoms with Crippen LogP contribution in [0.25, 0.3) is 22.0 Å². The summed E-state index contributed by atoms with van der Waals surface area (Å²) in [4.78, 5) is 19.8. The van der Waals surface area contributed by atoms with Gasteiger partial charge in [0.2, 0.25) is 0 Å². The van der Waals surface area contributed by atoms with Crippen molar-refractivity contribution in [2.45, 2.75) is 25.9 Å². The maximum Gasteiger partial charge on any atom is 0.435 e. The van der Waals surface area contributed by atoms with Gasteiger partial charge in [-0.2, -0.15) is 18.3 Å². The maximum atomic E-state index is 13.6. The molecular formula is C25H20BrF3N4O. The summed E-state index contributed by atoms with van der Waals surface area (Å²) < 4.78 is 42.9. The number of pyridine rings is 1. The smallest absolute Gasteiger partial charge is 0.307 e. The number of carbonyl (C=O) groups excluding carboxylic acids is 1. The second-order valence-electron chi connectivity index (χ2n) is 8.26. The summed E-state index contributed by atoms with van der Waals surface area (Å²) in [5.74, 6) is -0.244. The van der Waals surface area contributed by atoms with E-state index in [1.807, 2.05) is 18.2 Å². The Bertz CT molecular complexity index is 1440. The largest absolute Gasteiger partial charge is 0.435 e. The van der Waals surface area contributed by atoms with Crippen LogP contribution in [0, 0.1) is 0 Å². The highest BCUT2D eigenvalue weighted by molar-refractivity contribution is 9.10. The number of fused-ring (bicyclic) bond motifs is 2. The molecule has 0 saturated carbocycles. The number of benzene rings is 2. The summed E-state index contributed by atoms with van der Waals surface area (Å²) in [5.41, 5.74) is 3.03. The van der Waals surface area contributed by atoms with Crippen LogP contribution in [0.2, 0.25) is 0 Å². The summed E-state index contributed by atoms with van der Waals surface area (Å²) >= 11 is 3.58. The Kier molecular flexibility index (Phi) is 5.47. The van der Waals surface area contributed by atoms with Gasteiger partial charge in [-0.3, -0.25) is 14.5 Å². The molecule has 0 saturated heterocycles. The van der Waals surface area contributed by atoms with E-state index in [9.17, 15) is 18.0 Å². The van der Waals surface area contributed by atoms with E-state index in [4.69, 9.17) is 0 Å². The first-order chi connectivity index (χ1) is 16.2. The van der Waals surface area contributed by atoms with Crippen molar-refractivity contribution in [3.8, 4) is 11.1 Å². The lowest BCUT2D eigenvalue weighted by Gasteiger charge is -2.31. The third kappa shape index (κ3) is 3.68. The minimum atomic E-state index is -4.59. The molecule has 4 aromatic rings. The summed E-state index contributed by atoms with van der Waals surface area (Å²) in [6.45, 7) is 2.40. The van der Waals surface area contributed by atoms with Crippen molar-refractivity contribution in [3.63, 3.8) is 0 Å².